The van der Waals surface area contributed by atoms with Crippen LogP contribution in [0.1, 0.15) is 35.5 Å². The summed E-state index contributed by atoms with van der Waals surface area (Å²) < 4.78 is 63.3. The lowest BCUT2D eigenvalue weighted by atomic mass is 9.81. The SMILES string of the molecule is CC(=O)Nc1cc(C(=O)NC[C@](O)(c2cc3c(c(-c4ccc(F)cc4)n2)OC[C@]3(C)C(N)=O)C(F)(F)F)cc2cccnc12. The summed E-state index contributed by atoms with van der Waals surface area (Å²) in [5.41, 5.74) is -0.469. The highest BCUT2D eigenvalue weighted by atomic mass is 19.4. The summed E-state index contributed by atoms with van der Waals surface area (Å²) >= 11 is 0. The van der Waals surface area contributed by atoms with Crippen LogP contribution in [-0.2, 0) is 20.6 Å². The first-order valence-electron chi connectivity index (χ1n) is 13.1. The first-order chi connectivity index (χ1) is 20.6. The van der Waals surface area contributed by atoms with Gasteiger partial charge in [0.05, 0.1) is 23.4 Å². The van der Waals surface area contributed by atoms with Crippen molar-refractivity contribution in [2.45, 2.75) is 31.0 Å². The van der Waals surface area contributed by atoms with Gasteiger partial charge in [-0.25, -0.2) is 9.37 Å². The Balaban J connectivity index is 1.58. The molecule has 3 amide bonds. The van der Waals surface area contributed by atoms with Crippen LogP contribution in [0.4, 0.5) is 23.2 Å². The third-order valence-electron chi connectivity index (χ3n) is 7.41. The monoisotopic (exact) mass is 611 g/mol. The number of amides is 3. The molecule has 5 N–H and O–H groups in total. The number of alkyl halides is 3. The first-order valence-corrected chi connectivity index (χ1v) is 13.1. The zero-order chi connectivity index (χ0) is 32.0. The van der Waals surface area contributed by atoms with Crippen molar-refractivity contribution in [1.29, 1.82) is 0 Å². The van der Waals surface area contributed by atoms with E-state index in [0.717, 1.165) is 18.2 Å². The van der Waals surface area contributed by atoms with Gasteiger partial charge < -0.3 is 26.2 Å². The van der Waals surface area contributed by atoms with Crippen molar-refractivity contribution in [3.05, 3.63) is 83.4 Å². The molecule has 0 radical (unpaired) electrons. The van der Waals surface area contributed by atoms with Crippen molar-refractivity contribution in [2.75, 3.05) is 18.5 Å². The fourth-order valence-electron chi connectivity index (χ4n) is 4.86. The van der Waals surface area contributed by atoms with Gasteiger partial charge in [-0.2, -0.15) is 13.2 Å². The van der Waals surface area contributed by atoms with Crippen LogP contribution in [0.25, 0.3) is 22.2 Å². The van der Waals surface area contributed by atoms with E-state index in [-0.39, 0.29) is 40.4 Å². The van der Waals surface area contributed by atoms with E-state index in [1.807, 2.05) is 0 Å². The summed E-state index contributed by atoms with van der Waals surface area (Å²) in [4.78, 5) is 45.5. The largest absolute Gasteiger partial charge is 0.489 e. The number of anilines is 1. The van der Waals surface area contributed by atoms with Gasteiger partial charge in [-0.3, -0.25) is 19.4 Å². The fourth-order valence-corrected chi connectivity index (χ4v) is 4.86. The molecular weight excluding hydrogens is 586 g/mol. The average Bonchev–Trinajstić information content (AvgIpc) is 3.32. The molecule has 0 bridgehead atoms. The van der Waals surface area contributed by atoms with Gasteiger partial charge in [-0.05, 0) is 55.5 Å². The Morgan fingerprint density at radius 2 is 1.82 bits per heavy atom. The quantitative estimate of drug-likeness (QED) is 0.232. The van der Waals surface area contributed by atoms with E-state index in [4.69, 9.17) is 10.5 Å². The summed E-state index contributed by atoms with van der Waals surface area (Å²) in [6, 6.07) is 11.3. The van der Waals surface area contributed by atoms with Crippen LogP contribution in [0, 0.1) is 5.82 Å². The third kappa shape index (κ3) is 5.28. The molecule has 1 aliphatic rings. The van der Waals surface area contributed by atoms with E-state index in [1.165, 1.54) is 44.3 Å². The zero-order valence-electron chi connectivity index (χ0n) is 23.3. The third-order valence-corrected chi connectivity index (χ3v) is 7.41. The lowest BCUT2D eigenvalue weighted by Gasteiger charge is -2.31. The summed E-state index contributed by atoms with van der Waals surface area (Å²) in [7, 11) is 0. The van der Waals surface area contributed by atoms with E-state index >= 15 is 0 Å². The Morgan fingerprint density at radius 1 is 1.11 bits per heavy atom. The number of nitrogens with zero attached hydrogens (tertiary/aromatic N) is 2. The van der Waals surface area contributed by atoms with Crippen molar-refractivity contribution in [3.63, 3.8) is 0 Å². The minimum absolute atomic E-state index is 0.0505. The van der Waals surface area contributed by atoms with Gasteiger partial charge in [-0.1, -0.05) is 6.07 Å². The molecule has 0 unspecified atom stereocenters. The average molecular weight is 612 g/mol. The standard InChI is InChI=1S/C30H25F4N5O5/c1-15(40)38-21-11-18(10-17-4-3-9-36-23(17)21)26(41)37-13-29(43,30(32,33)34)22-12-20-25(44-14-28(20,2)27(35)42)24(39-22)16-5-7-19(31)8-6-16/h3-12,43H,13-14H2,1-2H3,(H2,35,42)(H,37,41)(H,38,40)/t28-,29-/m0/s1. The molecule has 2 aromatic carbocycles. The van der Waals surface area contributed by atoms with Crippen molar-refractivity contribution in [1.82, 2.24) is 15.3 Å². The van der Waals surface area contributed by atoms with Crippen LogP contribution in [0.3, 0.4) is 0 Å². The molecule has 0 spiro atoms. The Morgan fingerprint density at radius 3 is 2.45 bits per heavy atom. The highest BCUT2D eigenvalue weighted by Crippen LogP contribution is 2.47. The first kappa shape index (κ1) is 30.4. The number of fused-ring (bicyclic) bond motifs is 2. The van der Waals surface area contributed by atoms with Crippen molar-refractivity contribution < 1.29 is 41.8 Å². The molecule has 4 aromatic rings. The van der Waals surface area contributed by atoms with Crippen LogP contribution in [0.15, 0.2) is 60.8 Å². The second kappa shape index (κ2) is 10.9. The van der Waals surface area contributed by atoms with Crippen LogP contribution >= 0.6 is 0 Å². The van der Waals surface area contributed by atoms with Gasteiger partial charge in [0.15, 0.2) is 0 Å². The van der Waals surface area contributed by atoms with Crippen LogP contribution < -0.4 is 21.1 Å². The van der Waals surface area contributed by atoms with Crippen molar-refractivity contribution >= 4 is 34.3 Å². The maximum absolute atomic E-state index is 14.7. The number of primary amides is 1. The number of ether oxygens (including phenoxy) is 1. The lowest BCUT2D eigenvalue weighted by Crippen LogP contribution is -2.51. The number of hydrogen-bond acceptors (Lipinski definition) is 7. The number of nitrogens with one attached hydrogen (secondary N) is 2. The Labute approximate surface area is 247 Å². The molecule has 44 heavy (non-hydrogen) atoms. The summed E-state index contributed by atoms with van der Waals surface area (Å²) in [5, 5.41) is 16.3. The van der Waals surface area contributed by atoms with E-state index in [0.29, 0.717) is 10.9 Å². The van der Waals surface area contributed by atoms with Crippen molar-refractivity contribution in [3.8, 4) is 17.0 Å². The number of benzene rings is 2. The van der Waals surface area contributed by atoms with E-state index < -0.39 is 53.0 Å². The van der Waals surface area contributed by atoms with Gasteiger partial charge >= 0.3 is 6.18 Å². The second-order valence-electron chi connectivity index (χ2n) is 10.5. The summed E-state index contributed by atoms with van der Waals surface area (Å²) in [5.74, 6) is -3.04. The molecule has 0 saturated heterocycles. The maximum Gasteiger partial charge on any atom is 0.424 e. The number of carbonyl (C=O) groups excluding carboxylic acids is 3. The number of pyridine rings is 2. The molecule has 228 valence electrons. The predicted molar refractivity (Wildman–Crippen MR) is 150 cm³/mol. The Hall–Kier alpha value is -5.11. The summed E-state index contributed by atoms with van der Waals surface area (Å²) in [6.07, 6.45) is -3.92. The maximum atomic E-state index is 14.7. The second-order valence-corrected chi connectivity index (χ2v) is 10.5. The van der Waals surface area contributed by atoms with Crippen LogP contribution in [0.5, 0.6) is 5.75 Å². The lowest BCUT2D eigenvalue weighted by molar-refractivity contribution is -0.265. The van der Waals surface area contributed by atoms with Gasteiger partial charge in [0.1, 0.15) is 29.3 Å². The highest BCUT2D eigenvalue weighted by Gasteiger charge is 2.57. The number of nitrogens with two attached hydrogens (primary N) is 1. The Kier molecular flexibility index (Phi) is 7.49. The number of halogens is 4. The van der Waals surface area contributed by atoms with E-state index in [9.17, 15) is 37.1 Å². The fraction of sp³-hybridized carbons (Fsp3) is 0.233. The molecule has 0 fully saturated rings. The summed E-state index contributed by atoms with van der Waals surface area (Å²) in [6.45, 7) is 0.905. The molecule has 5 rings (SSSR count). The molecule has 10 nitrogen and oxygen atoms in total. The molecule has 14 heteroatoms. The molecule has 1 aliphatic heterocycles. The van der Waals surface area contributed by atoms with Gasteiger partial charge in [0.2, 0.25) is 17.4 Å². The van der Waals surface area contributed by atoms with Crippen LogP contribution in [0.2, 0.25) is 0 Å². The smallest absolute Gasteiger partial charge is 0.424 e. The van der Waals surface area contributed by atoms with E-state index in [1.54, 1.807) is 12.1 Å². The van der Waals surface area contributed by atoms with Crippen LogP contribution in [-0.4, -0.2) is 52.1 Å². The molecule has 0 aliphatic carbocycles. The minimum Gasteiger partial charge on any atom is -0.489 e. The molecular formula is C30H25F4N5O5. The molecule has 2 atom stereocenters. The number of carbonyl (C=O) groups is 3. The predicted octanol–water partition coefficient (Wildman–Crippen LogP) is 3.71. The number of aromatic nitrogens is 2. The topological polar surface area (TPSA) is 157 Å². The normalized spacial score (nSPS) is 17.3. The zero-order valence-corrected chi connectivity index (χ0v) is 23.3. The highest BCUT2D eigenvalue weighted by molar-refractivity contribution is 6.05. The number of rotatable bonds is 7. The number of aliphatic hydroxyl groups is 1. The number of hydrogen-bond donors (Lipinski definition) is 4. The minimum atomic E-state index is -5.39. The Bertz CT molecular complexity index is 1810. The molecule has 0 saturated carbocycles. The molecule has 2 aromatic heterocycles. The van der Waals surface area contributed by atoms with E-state index in [2.05, 4.69) is 20.6 Å². The van der Waals surface area contributed by atoms with Gasteiger partial charge in [-0.15, -0.1) is 0 Å². The molecule has 3 heterocycles. The van der Waals surface area contributed by atoms with Crippen molar-refractivity contribution in [2.24, 2.45) is 5.73 Å². The van der Waals surface area contributed by atoms with Gasteiger partial charge in [0.25, 0.3) is 5.91 Å². The van der Waals surface area contributed by atoms with Gasteiger partial charge in [0, 0.05) is 35.2 Å².